The van der Waals surface area contributed by atoms with Crippen LogP contribution in [0.2, 0.25) is 0 Å². The molecule has 4 heteroatoms. The molecule has 2 nitrogen and oxygen atoms in total. The average molecular weight is 278 g/mol. The fraction of sp³-hybridized carbons (Fsp3) is 0.400. The molecule has 1 N–H and O–H groups in total. The molecule has 0 saturated heterocycles. The van der Waals surface area contributed by atoms with Crippen molar-refractivity contribution in [2.24, 2.45) is 0 Å². The molecule has 2 unspecified atom stereocenters. The highest BCUT2D eigenvalue weighted by molar-refractivity contribution is 7.11. The van der Waals surface area contributed by atoms with Crippen molar-refractivity contribution in [2.75, 3.05) is 0 Å². The highest BCUT2D eigenvalue weighted by Crippen LogP contribution is 2.23. The molecule has 2 aromatic rings. The van der Waals surface area contributed by atoms with Gasteiger partial charge >= 0.3 is 0 Å². The van der Waals surface area contributed by atoms with Crippen LogP contribution in [-0.4, -0.2) is 4.98 Å². The first-order valence-electron chi connectivity index (χ1n) is 6.42. The largest absolute Gasteiger partial charge is 0.302 e. The van der Waals surface area contributed by atoms with Crippen molar-refractivity contribution in [1.29, 1.82) is 0 Å². The number of rotatable bonds is 4. The summed E-state index contributed by atoms with van der Waals surface area (Å²) in [5.41, 5.74) is 1.64. The van der Waals surface area contributed by atoms with E-state index in [1.165, 1.54) is 4.88 Å². The third-order valence-electron chi connectivity index (χ3n) is 3.21. The van der Waals surface area contributed by atoms with E-state index in [-0.39, 0.29) is 17.9 Å². The van der Waals surface area contributed by atoms with Crippen LogP contribution in [-0.2, 0) is 0 Å². The van der Waals surface area contributed by atoms with Crippen LogP contribution in [0.25, 0.3) is 0 Å². The van der Waals surface area contributed by atoms with Crippen LogP contribution in [0.5, 0.6) is 0 Å². The normalized spacial score (nSPS) is 14.4. The summed E-state index contributed by atoms with van der Waals surface area (Å²) in [6, 6.07) is 5.65. The van der Waals surface area contributed by atoms with Crippen molar-refractivity contribution in [3.05, 3.63) is 51.2 Å². The molecule has 0 spiro atoms. The molecule has 0 amide bonds. The van der Waals surface area contributed by atoms with Gasteiger partial charge in [0.25, 0.3) is 0 Å². The van der Waals surface area contributed by atoms with E-state index in [1.807, 2.05) is 32.2 Å². The molecule has 1 aromatic heterocycles. The predicted octanol–water partition coefficient (Wildman–Crippen LogP) is 4.31. The van der Waals surface area contributed by atoms with Gasteiger partial charge < -0.3 is 5.32 Å². The minimum Gasteiger partial charge on any atom is -0.302 e. The van der Waals surface area contributed by atoms with E-state index in [2.05, 4.69) is 17.2 Å². The maximum atomic E-state index is 13.6. The van der Waals surface area contributed by atoms with Crippen molar-refractivity contribution in [3.8, 4) is 0 Å². The van der Waals surface area contributed by atoms with Crippen molar-refractivity contribution < 1.29 is 4.39 Å². The molecule has 102 valence electrons. The third kappa shape index (κ3) is 3.39. The Balaban J connectivity index is 2.07. The summed E-state index contributed by atoms with van der Waals surface area (Å²) >= 11 is 1.69. The van der Waals surface area contributed by atoms with Crippen LogP contribution in [0.15, 0.2) is 24.4 Å². The summed E-state index contributed by atoms with van der Waals surface area (Å²) in [5.74, 6) is -0.149. The Morgan fingerprint density at radius 1 is 1.21 bits per heavy atom. The summed E-state index contributed by atoms with van der Waals surface area (Å²) in [6.45, 7) is 7.95. The molecule has 0 aliphatic carbocycles. The van der Waals surface area contributed by atoms with Gasteiger partial charge in [0.05, 0.1) is 6.04 Å². The average Bonchev–Trinajstić information content (AvgIpc) is 2.79. The lowest BCUT2D eigenvalue weighted by atomic mass is 10.1. The first kappa shape index (κ1) is 14.2. The highest BCUT2D eigenvalue weighted by atomic mass is 32.1. The van der Waals surface area contributed by atoms with Gasteiger partial charge in [-0.15, -0.1) is 11.3 Å². The van der Waals surface area contributed by atoms with Crippen LogP contribution in [0, 0.1) is 19.7 Å². The fourth-order valence-electron chi connectivity index (χ4n) is 1.99. The standard InChI is InChI=1S/C15H19FN2S/c1-9-5-6-13(7-14(9)16)11(3)18-12(4)15-17-8-10(2)19-15/h5-8,11-12,18H,1-4H3. The Morgan fingerprint density at radius 3 is 2.53 bits per heavy atom. The Hall–Kier alpha value is -1.26. The minimum absolute atomic E-state index is 0.0920. The highest BCUT2D eigenvalue weighted by Gasteiger charge is 2.14. The number of aryl methyl sites for hydroxylation is 2. The van der Waals surface area contributed by atoms with Gasteiger partial charge in [0.1, 0.15) is 10.8 Å². The third-order valence-corrected chi connectivity index (χ3v) is 4.30. The number of nitrogens with zero attached hydrogens (tertiary/aromatic N) is 1. The van der Waals surface area contributed by atoms with Gasteiger partial charge in [0.15, 0.2) is 0 Å². The molecule has 0 aliphatic heterocycles. The first-order valence-corrected chi connectivity index (χ1v) is 7.23. The van der Waals surface area contributed by atoms with Crippen molar-refractivity contribution in [3.63, 3.8) is 0 Å². The maximum Gasteiger partial charge on any atom is 0.126 e. The summed E-state index contributed by atoms with van der Waals surface area (Å²) in [5, 5.41) is 4.52. The Bertz CT molecular complexity index is 565. The summed E-state index contributed by atoms with van der Waals surface area (Å²) in [4.78, 5) is 5.58. The van der Waals surface area contributed by atoms with E-state index < -0.39 is 0 Å². The minimum atomic E-state index is -0.149. The molecule has 0 radical (unpaired) electrons. The Morgan fingerprint density at radius 2 is 1.95 bits per heavy atom. The molecule has 2 rings (SSSR count). The molecular weight excluding hydrogens is 259 g/mol. The number of benzene rings is 1. The molecule has 19 heavy (non-hydrogen) atoms. The molecule has 1 heterocycles. The number of thiazole rings is 1. The summed E-state index contributed by atoms with van der Waals surface area (Å²) in [6.07, 6.45) is 1.88. The van der Waals surface area contributed by atoms with E-state index in [0.29, 0.717) is 5.56 Å². The molecule has 0 fully saturated rings. The Labute approximate surface area is 117 Å². The topological polar surface area (TPSA) is 24.9 Å². The van der Waals surface area contributed by atoms with Gasteiger partial charge in [-0.2, -0.15) is 0 Å². The quantitative estimate of drug-likeness (QED) is 0.901. The first-order chi connectivity index (χ1) is 8.97. The van der Waals surface area contributed by atoms with Gasteiger partial charge in [-0.05, 0) is 44.9 Å². The van der Waals surface area contributed by atoms with Crippen LogP contribution in [0.1, 0.15) is 46.9 Å². The lowest BCUT2D eigenvalue weighted by Gasteiger charge is -2.19. The second kappa shape index (κ2) is 5.80. The zero-order valence-electron chi connectivity index (χ0n) is 11.7. The second-order valence-electron chi connectivity index (χ2n) is 4.93. The second-order valence-corrected chi connectivity index (χ2v) is 6.19. The molecule has 2 atom stereocenters. The van der Waals surface area contributed by atoms with Gasteiger partial charge in [-0.25, -0.2) is 9.37 Å². The smallest absolute Gasteiger partial charge is 0.126 e. The van der Waals surface area contributed by atoms with Gasteiger partial charge in [-0.1, -0.05) is 12.1 Å². The van der Waals surface area contributed by atoms with Crippen LogP contribution in [0.4, 0.5) is 4.39 Å². The van der Waals surface area contributed by atoms with E-state index in [1.54, 1.807) is 24.3 Å². The van der Waals surface area contributed by atoms with E-state index in [0.717, 1.165) is 10.6 Å². The SMILES string of the molecule is Cc1cnc(C(C)NC(C)c2ccc(C)c(F)c2)s1. The lowest BCUT2D eigenvalue weighted by Crippen LogP contribution is -2.22. The van der Waals surface area contributed by atoms with Crippen molar-refractivity contribution in [1.82, 2.24) is 10.3 Å². The summed E-state index contributed by atoms with van der Waals surface area (Å²) in [7, 11) is 0. The number of aromatic nitrogens is 1. The molecule has 1 aromatic carbocycles. The zero-order valence-corrected chi connectivity index (χ0v) is 12.5. The van der Waals surface area contributed by atoms with Crippen LogP contribution < -0.4 is 5.32 Å². The number of nitrogens with one attached hydrogen (secondary N) is 1. The number of hydrogen-bond donors (Lipinski definition) is 1. The van der Waals surface area contributed by atoms with Gasteiger partial charge in [0, 0.05) is 17.1 Å². The van der Waals surface area contributed by atoms with Crippen LogP contribution >= 0.6 is 11.3 Å². The van der Waals surface area contributed by atoms with E-state index >= 15 is 0 Å². The van der Waals surface area contributed by atoms with E-state index in [9.17, 15) is 4.39 Å². The summed E-state index contributed by atoms with van der Waals surface area (Å²) < 4.78 is 13.6. The molecule has 0 aliphatic rings. The van der Waals surface area contributed by atoms with Crippen molar-refractivity contribution >= 4 is 11.3 Å². The van der Waals surface area contributed by atoms with Gasteiger partial charge in [0.2, 0.25) is 0 Å². The fourth-order valence-corrected chi connectivity index (χ4v) is 2.78. The molecule has 0 saturated carbocycles. The van der Waals surface area contributed by atoms with Crippen molar-refractivity contribution in [2.45, 2.75) is 39.8 Å². The Kier molecular flexibility index (Phi) is 4.32. The lowest BCUT2D eigenvalue weighted by molar-refractivity contribution is 0.490. The molecular formula is C15H19FN2S. The molecule has 0 bridgehead atoms. The van der Waals surface area contributed by atoms with Gasteiger partial charge in [-0.3, -0.25) is 0 Å². The van der Waals surface area contributed by atoms with Crippen LogP contribution in [0.3, 0.4) is 0 Å². The number of halogens is 1. The predicted molar refractivity (Wildman–Crippen MR) is 78.0 cm³/mol. The monoisotopic (exact) mass is 278 g/mol. The number of hydrogen-bond acceptors (Lipinski definition) is 3. The van der Waals surface area contributed by atoms with E-state index in [4.69, 9.17) is 0 Å². The maximum absolute atomic E-state index is 13.6. The zero-order chi connectivity index (χ0) is 14.0.